The molecule has 1 amide bonds. The molecule has 0 spiro atoms. The van der Waals surface area contributed by atoms with Crippen molar-refractivity contribution < 1.29 is 28.2 Å². The molecule has 9 heteroatoms. The second-order valence-corrected chi connectivity index (χ2v) is 10.1. The molecule has 1 unspecified atom stereocenters. The van der Waals surface area contributed by atoms with E-state index in [1.165, 1.54) is 25.4 Å². The van der Waals surface area contributed by atoms with E-state index in [-0.39, 0.29) is 23.3 Å². The second-order valence-electron chi connectivity index (χ2n) is 10.1. The molecule has 0 bridgehead atoms. The van der Waals surface area contributed by atoms with Crippen molar-refractivity contribution in [3.8, 4) is 16.9 Å². The zero-order chi connectivity index (χ0) is 28.2. The first-order chi connectivity index (χ1) is 19.4. The molecule has 0 radical (unpaired) electrons. The van der Waals surface area contributed by atoms with Gasteiger partial charge in [0.25, 0.3) is 5.91 Å². The maximum absolute atomic E-state index is 13.6. The van der Waals surface area contributed by atoms with Crippen molar-refractivity contribution in [2.75, 3.05) is 40.5 Å². The summed E-state index contributed by atoms with van der Waals surface area (Å²) in [5, 5.41) is 0. The number of halogens is 1. The van der Waals surface area contributed by atoms with E-state index >= 15 is 0 Å². The minimum Gasteiger partial charge on any atom is -0.493 e. The Kier molecular flexibility index (Phi) is 8.42. The minimum absolute atomic E-state index is 0.0747. The molecule has 8 nitrogen and oxygen atoms in total. The summed E-state index contributed by atoms with van der Waals surface area (Å²) in [7, 11) is 2.97. The molecule has 0 saturated carbocycles. The minimum atomic E-state index is -0.503. The molecule has 1 aromatic heterocycles. The number of nitrogens with zero attached hydrogens (tertiary/aromatic N) is 3. The Bertz CT molecular complexity index is 1370. The summed E-state index contributed by atoms with van der Waals surface area (Å²) in [5.74, 6) is -0.134. The van der Waals surface area contributed by atoms with Crippen molar-refractivity contribution in [3.05, 3.63) is 82.4 Å². The van der Waals surface area contributed by atoms with Gasteiger partial charge in [0.15, 0.2) is 0 Å². The van der Waals surface area contributed by atoms with Crippen LogP contribution in [0.2, 0.25) is 0 Å². The van der Waals surface area contributed by atoms with E-state index in [1.54, 1.807) is 25.3 Å². The Morgan fingerprint density at radius 3 is 2.65 bits per heavy atom. The Morgan fingerprint density at radius 1 is 1.12 bits per heavy atom. The average molecular weight is 548 g/mol. The van der Waals surface area contributed by atoms with E-state index in [9.17, 15) is 14.0 Å². The standard InChI is InChI=1S/C31H34FN3O5/c1-4-40-28-14-20(13-23(19-38-2)29(28)21-5-7-24(32)8-6-21)17-34-11-9-25(18-34)35-12-10-27-26(30(35)36)15-22(16-33-27)31(37)39-3/h5-8,13-16,25H,4,9-12,17-19H2,1-3H3. The molecular formula is C31H34FN3O5. The van der Waals surface area contributed by atoms with E-state index < -0.39 is 5.97 Å². The molecule has 5 rings (SSSR count). The zero-order valence-corrected chi connectivity index (χ0v) is 23.1. The summed E-state index contributed by atoms with van der Waals surface area (Å²) in [6.07, 6.45) is 2.99. The predicted molar refractivity (Wildman–Crippen MR) is 148 cm³/mol. The van der Waals surface area contributed by atoms with Gasteiger partial charge in [0.1, 0.15) is 11.6 Å². The summed E-state index contributed by atoms with van der Waals surface area (Å²) in [5.41, 5.74) is 5.33. The topological polar surface area (TPSA) is 81.2 Å². The number of hydrogen-bond donors (Lipinski definition) is 0. The van der Waals surface area contributed by atoms with Crippen LogP contribution in [0.5, 0.6) is 5.75 Å². The highest BCUT2D eigenvalue weighted by atomic mass is 19.1. The fourth-order valence-electron chi connectivity index (χ4n) is 5.72. The van der Waals surface area contributed by atoms with Crippen molar-refractivity contribution in [2.45, 2.75) is 39.0 Å². The van der Waals surface area contributed by atoms with Gasteiger partial charge in [-0.15, -0.1) is 0 Å². The molecule has 210 valence electrons. The van der Waals surface area contributed by atoms with Crippen molar-refractivity contribution in [1.82, 2.24) is 14.8 Å². The van der Waals surface area contributed by atoms with Crippen LogP contribution in [0.1, 0.15) is 50.9 Å². The van der Waals surface area contributed by atoms with Gasteiger partial charge >= 0.3 is 5.97 Å². The number of amides is 1. The Morgan fingerprint density at radius 2 is 1.93 bits per heavy atom. The lowest BCUT2D eigenvalue weighted by Crippen LogP contribution is -2.46. The van der Waals surface area contributed by atoms with Crippen LogP contribution >= 0.6 is 0 Å². The summed E-state index contributed by atoms with van der Waals surface area (Å²) >= 11 is 0. The maximum atomic E-state index is 13.6. The highest BCUT2D eigenvalue weighted by Crippen LogP contribution is 2.36. The average Bonchev–Trinajstić information content (AvgIpc) is 3.42. The van der Waals surface area contributed by atoms with Gasteiger partial charge in [0.2, 0.25) is 0 Å². The number of rotatable bonds is 9. The lowest BCUT2D eigenvalue weighted by molar-refractivity contribution is 0.0600. The molecule has 0 aliphatic carbocycles. The van der Waals surface area contributed by atoms with Crippen LogP contribution in [0.4, 0.5) is 4.39 Å². The summed E-state index contributed by atoms with van der Waals surface area (Å²) in [6.45, 7) is 5.74. The molecule has 3 heterocycles. The monoisotopic (exact) mass is 547 g/mol. The van der Waals surface area contributed by atoms with Crippen LogP contribution in [0.25, 0.3) is 11.1 Å². The smallest absolute Gasteiger partial charge is 0.339 e. The number of carbonyl (C=O) groups is 2. The first kappa shape index (κ1) is 27.7. The third-order valence-corrected chi connectivity index (χ3v) is 7.54. The highest BCUT2D eigenvalue weighted by Gasteiger charge is 2.35. The number of methoxy groups -OCH3 is 2. The summed E-state index contributed by atoms with van der Waals surface area (Å²) in [4.78, 5) is 34.0. The van der Waals surface area contributed by atoms with Gasteiger partial charge in [-0.25, -0.2) is 9.18 Å². The number of hydrogen-bond acceptors (Lipinski definition) is 7. The maximum Gasteiger partial charge on any atom is 0.339 e. The molecule has 3 aromatic rings. The molecule has 2 aliphatic heterocycles. The Labute approximate surface area is 233 Å². The van der Waals surface area contributed by atoms with Gasteiger partial charge in [-0.1, -0.05) is 18.2 Å². The number of pyridine rings is 1. The molecular weight excluding hydrogens is 513 g/mol. The fraction of sp³-hybridized carbons (Fsp3) is 0.387. The number of esters is 1. The quantitative estimate of drug-likeness (QED) is 0.365. The van der Waals surface area contributed by atoms with Crippen LogP contribution in [0.15, 0.2) is 48.7 Å². The molecule has 0 N–H and O–H groups in total. The normalized spacial score (nSPS) is 17.1. The van der Waals surface area contributed by atoms with Crippen molar-refractivity contribution in [3.63, 3.8) is 0 Å². The molecule has 2 aromatic carbocycles. The van der Waals surface area contributed by atoms with Crippen LogP contribution in [0.3, 0.4) is 0 Å². The largest absolute Gasteiger partial charge is 0.493 e. The van der Waals surface area contributed by atoms with E-state index in [4.69, 9.17) is 14.2 Å². The first-order valence-electron chi connectivity index (χ1n) is 13.6. The first-order valence-corrected chi connectivity index (χ1v) is 13.6. The third kappa shape index (κ3) is 5.71. The van der Waals surface area contributed by atoms with Crippen LogP contribution < -0.4 is 4.74 Å². The molecule has 2 aliphatic rings. The number of likely N-dealkylation sites (tertiary alicyclic amines) is 1. The van der Waals surface area contributed by atoms with Gasteiger partial charge < -0.3 is 19.1 Å². The molecule has 1 atom stereocenters. The van der Waals surface area contributed by atoms with E-state index in [0.717, 1.165) is 53.2 Å². The number of ether oxygens (including phenoxy) is 3. The lowest BCUT2D eigenvalue weighted by Gasteiger charge is -2.33. The zero-order valence-electron chi connectivity index (χ0n) is 23.1. The Balaban J connectivity index is 1.34. The lowest BCUT2D eigenvalue weighted by atomic mass is 9.96. The predicted octanol–water partition coefficient (Wildman–Crippen LogP) is 4.49. The number of carbonyl (C=O) groups excluding carboxylic acids is 2. The summed E-state index contributed by atoms with van der Waals surface area (Å²) in [6, 6.07) is 12.3. The highest BCUT2D eigenvalue weighted by molar-refractivity contribution is 5.99. The van der Waals surface area contributed by atoms with Crippen LogP contribution in [-0.2, 0) is 29.0 Å². The number of benzene rings is 2. The van der Waals surface area contributed by atoms with E-state index in [1.807, 2.05) is 11.8 Å². The third-order valence-electron chi connectivity index (χ3n) is 7.54. The van der Waals surface area contributed by atoms with Crippen molar-refractivity contribution in [1.29, 1.82) is 0 Å². The fourth-order valence-corrected chi connectivity index (χ4v) is 5.72. The van der Waals surface area contributed by atoms with Gasteiger partial charge in [0.05, 0.1) is 37.1 Å². The van der Waals surface area contributed by atoms with Crippen molar-refractivity contribution >= 4 is 11.9 Å². The molecule has 1 fully saturated rings. The van der Waals surface area contributed by atoms with Gasteiger partial charge in [-0.3, -0.25) is 14.7 Å². The Hall–Kier alpha value is -3.82. The van der Waals surface area contributed by atoms with E-state index in [0.29, 0.717) is 38.3 Å². The van der Waals surface area contributed by atoms with Crippen LogP contribution in [-0.4, -0.2) is 73.2 Å². The van der Waals surface area contributed by atoms with Gasteiger partial charge in [0, 0.05) is 57.5 Å². The van der Waals surface area contributed by atoms with Gasteiger partial charge in [-0.05, 0) is 54.3 Å². The van der Waals surface area contributed by atoms with Crippen LogP contribution in [0, 0.1) is 5.82 Å². The summed E-state index contributed by atoms with van der Waals surface area (Å²) < 4.78 is 30.0. The van der Waals surface area contributed by atoms with Crippen molar-refractivity contribution in [2.24, 2.45) is 0 Å². The van der Waals surface area contributed by atoms with E-state index in [2.05, 4.69) is 22.0 Å². The number of fused-ring (bicyclic) bond motifs is 1. The van der Waals surface area contributed by atoms with Gasteiger partial charge in [-0.2, -0.15) is 0 Å². The number of aromatic nitrogens is 1. The second kappa shape index (κ2) is 12.1. The molecule has 1 saturated heterocycles. The SMILES string of the molecule is CCOc1cc(CN2CCC(N3CCc4ncc(C(=O)OC)cc4C3=O)C2)cc(COC)c1-c1ccc(F)cc1. The molecule has 40 heavy (non-hydrogen) atoms.